The lowest BCUT2D eigenvalue weighted by molar-refractivity contribution is 0.304. The van der Waals surface area contributed by atoms with Crippen molar-refractivity contribution in [2.45, 2.75) is 6.92 Å². The molecule has 0 aromatic heterocycles. The largest absolute Gasteiger partial charge is 0.496 e. The second-order valence-corrected chi connectivity index (χ2v) is 3.30. The number of nitrogens with zero attached hydrogens (tertiary/aromatic N) is 1. The third-order valence-electron chi connectivity index (χ3n) is 2.27. The fourth-order valence-electron chi connectivity index (χ4n) is 1.33. The van der Waals surface area contributed by atoms with Crippen LogP contribution in [0.1, 0.15) is 5.56 Å². The van der Waals surface area contributed by atoms with Crippen LogP contribution in [-0.2, 0) is 0 Å². The minimum Gasteiger partial charge on any atom is -0.496 e. The number of ether oxygens (including phenoxy) is 1. The molecule has 0 atom stereocenters. The van der Waals surface area contributed by atoms with Crippen molar-refractivity contribution in [2.24, 2.45) is 0 Å². The molecule has 14 heavy (non-hydrogen) atoms. The number of anilines is 1. The summed E-state index contributed by atoms with van der Waals surface area (Å²) in [6.45, 7) is 2.80. The fourth-order valence-corrected chi connectivity index (χ4v) is 1.33. The Morgan fingerprint density at radius 3 is 2.71 bits per heavy atom. The first-order valence-electron chi connectivity index (χ1n) is 4.65. The summed E-state index contributed by atoms with van der Waals surface area (Å²) in [5.74, 6) is 0.882. The number of likely N-dealkylation sites (N-methyl/N-ethyl adjacent to an activating group) is 1. The molecule has 0 amide bonds. The number of hydrogen-bond donors (Lipinski definition) is 1. The molecule has 1 rings (SSSR count). The van der Waals surface area contributed by atoms with E-state index in [0.717, 1.165) is 17.0 Å². The standard InChI is InChI=1S/C11H17NO2/c1-9-4-5-10(8-11(9)14-3)12(2)6-7-13/h4-5,8,13H,6-7H2,1-3H3. The smallest absolute Gasteiger partial charge is 0.123 e. The zero-order chi connectivity index (χ0) is 10.6. The lowest BCUT2D eigenvalue weighted by atomic mass is 10.2. The maximum absolute atomic E-state index is 8.81. The summed E-state index contributed by atoms with van der Waals surface area (Å²) >= 11 is 0. The molecule has 1 N–H and O–H groups in total. The Morgan fingerprint density at radius 1 is 1.43 bits per heavy atom. The van der Waals surface area contributed by atoms with E-state index in [1.54, 1.807) is 7.11 Å². The fraction of sp³-hybridized carbons (Fsp3) is 0.455. The van der Waals surface area contributed by atoms with Crippen LogP contribution in [0.5, 0.6) is 5.75 Å². The summed E-state index contributed by atoms with van der Waals surface area (Å²) in [5.41, 5.74) is 2.18. The molecule has 0 fully saturated rings. The van der Waals surface area contributed by atoms with Crippen molar-refractivity contribution >= 4 is 5.69 Å². The molecule has 0 aliphatic heterocycles. The highest BCUT2D eigenvalue weighted by Gasteiger charge is 2.03. The number of aryl methyl sites for hydroxylation is 1. The summed E-state index contributed by atoms with van der Waals surface area (Å²) in [6.07, 6.45) is 0. The minimum absolute atomic E-state index is 0.159. The third kappa shape index (κ3) is 2.39. The molecule has 0 radical (unpaired) electrons. The van der Waals surface area contributed by atoms with Crippen molar-refractivity contribution in [1.29, 1.82) is 0 Å². The number of hydrogen-bond acceptors (Lipinski definition) is 3. The van der Waals surface area contributed by atoms with Gasteiger partial charge in [0.05, 0.1) is 13.7 Å². The Kier molecular flexibility index (Phi) is 3.77. The molecule has 3 heteroatoms. The molecular weight excluding hydrogens is 178 g/mol. The molecule has 78 valence electrons. The maximum Gasteiger partial charge on any atom is 0.123 e. The molecule has 1 aromatic rings. The normalized spacial score (nSPS) is 10.0. The van der Waals surface area contributed by atoms with E-state index in [1.165, 1.54) is 0 Å². The molecule has 0 spiro atoms. The Hall–Kier alpha value is -1.22. The first-order valence-corrected chi connectivity index (χ1v) is 4.65. The molecule has 0 bridgehead atoms. The van der Waals surface area contributed by atoms with E-state index in [0.29, 0.717) is 6.54 Å². The number of rotatable bonds is 4. The molecule has 0 unspecified atom stereocenters. The first-order chi connectivity index (χ1) is 6.69. The van der Waals surface area contributed by atoms with Gasteiger partial charge in [-0.2, -0.15) is 0 Å². The van der Waals surface area contributed by atoms with E-state index in [-0.39, 0.29) is 6.61 Å². The zero-order valence-electron chi connectivity index (χ0n) is 8.95. The zero-order valence-corrected chi connectivity index (χ0v) is 8.95. The van der Waals surface area contributed by atoms with Gasteiger partial charge in [-0.15, -0.1) is 0 Å². The molecule has 0 heterocycles. The van der Waals surface area contributed by atoms with Gasteiger partial charge in [0, 0.05) is 25.3 Å². The highest BCUT2D eigenvalue weighted by molar-refractivity contribution is 5.53. The van der Waals surface area contributed by atoms with Gasteiger partial charge in [-0.05, 0) is 18.6 Å². The molecule has 0 saturated heterocycles. The van der Waals surface area contributed by atoms with Crippen LogP contribution in [0, 0.1) is 6.92 Å². The van der Waals surface area contributed by atoms with Gasteiger partial charge in [0.1, 0.15) is 5.75 Å². The van der Waals surface area contributed by atoms with Crippen LogP contribution in [0.2, 0.25) is 0 Å². The highest BCUT2D eigenvalue weighted by atomic mass is 16.5. The van der Waals surface area contributed by atoms with Gasteiger partial charge < -0.3 is 14.7 Å². The summed E-state index contributed by atoms with van der Waals surface area (Å²) < 4.78 is 5.22. The van der Waals surface area contributed by atoms with Crippen molar-refractivity contribution in [3.05, 3.63) is 23.8 Å². The Bertz CT molecular complexity index is 299. The van der Waals surface area contributed by atoms with Crippen molar-refractivity contribution in [3.8, 4) is 5.75 Å². The van der Waals surface area contributed by atoms with Crippen LogP contribution in [0.4, 0.5) is 5.69 Å². The van der Waals surface area contributed by atoms with Gasteiger partial charge in [0.2, 0.25) is 0 Å². The highest BCUT2D eigenvalue weighted by Crippen LogP contribution is 2.23. The predicted octanol–water partition coefficient (Wildman–Crippen LogP) is 1.43. The van der Waals surface area contributed by atoms with Crippen molar-refractivity contribution < 1.29 is 9.84 Å². The Balaban J connectivity index is 2.88. The van der Waals surface area contributed by atoms with Crippen LogP contribution in [-0.4, -0.2) is 32.4 Å². The molecule has 0 aliphatic carbocycles. The average Bonchev–Trinajstić information content (AvgIpc) is 2.19. The van der Waals surface area contributed by atoms with Crippen molar-refractivity contribution in [1.82, 2.24) is 0 Å². The summed E-state index contributed by atoms with van der Waals surface area (Å²) in [5, 5.41) is 8.81. The molecule has 0 aliphatic rings. The first kappa shape index (κ1) is 10.9. The number of methoxy groups -OCH3 is 1. The lowest BCUT2D eigenvalue weighted by Crippen LogP contribution is -2.21. The topological polar surface area (TPSA) is 32.7 Å². The summed E-state index contributed by atoms with van der Waals surface area (Å²) in [6, 6.07) is 6.01. The second-order valence-electron chi connectivity index (χ2n) is 3.30. The van der Waals surface area contributed by atoms with Crippen molar-refractivity contribution in [3.63, 3.8) is 0 Å². The van der Waals surface area contributed by atoms with Gasteiger partial charge in [-0.1, -0.05) is 6.07 Å². The quantitative estimate of drug-likeness (QED) is 0.789. The molecule has 0 saturated carbocycles. The third-order valence-corrected chi connectivity index (χ3v) is 2.27. The van der Waals surface area contributed by atoms with Crippen molar-refractivity contribution in [2.75, 3.05) is 32.2 Å². The summed E-state index contributed by atoms with van der Waals surface area (Å²) in [7, 11) is 3.61. The number of aliphatic hydroxyl groups is 1. The monoisotopic (exact) mass is 195 g/mol. The van der Waals surface area contributed by atoms with Gasteiger partial charge in [-0.25, -0.2) is 0 Å². The maximum atomic E-state index is 8.81. The SMILES string of the molecule is COc1cc(N(C)CCO)ccc1C. The molecular formula is C11H17NO2. The summed E-state index contributed by atoms with van der Waals surface area (Å²) in [4.78, 5) is 1.99. The number of benzene rings is 1. The van der Waals surface area contributed by atoms with Crippen LogP contribution in [0.15, 0.2) is 18.2 Å². The van der Waals surface area contributed by atoms with Crippen LogP contribution >= 0.6 is 0 Å². The van der Waals surface area contributed by atoms with Crippen LogP contribution in [0.3, 0.4) is 0 Å². The van der Waals surface area contributed by atoms with Gasteiger partial charge in [-0.3, -0.25) is 0 Å². The minimum atomic E-state index is 0.159. The van der Waals surface area contributed by atoms with Crippen LogP contribution < -0.4 is 9.64 Å². The Morgan fingerprint density at radius 2 is 2.14 bits per heavy atom. The molecule has 3 nitrogen and oxygen atoms in total. The Labute approximate surface area is 84.9 Å². The van der Waals surface area contributed by atoms with E-state index in [2.05, 4.69) is 0 Å². The van der Waals surface area contributed by atoms with E-state index >= 15 is 0 Å². The predicted molar refractivity (Wildman–Crippen MR) is 58.1 cm³/mol. The molecule has 1 aromatic carbocycles. The van der Waals surface area contributed by atoms with Gasteiger partial charge >= 0.3 is 0 Å². The van der Waals surface area contributed by atoms with E-state index in [4.69, 9.17) is 9.84 Å². The van der Waals surface area contributed by atoms with Gasteiger partial charge in [0.15, 0.2) is 0 Å². The second kappa shape index (κ2) is 4.86. The van der Waals surface area contributed by atoms with E-state index in [9.17, 15) is 0 Å². The van der Waals surface area contributed by atoms with E-state index in [1.807, 2.05) is 37.1 Å². The van der Waals surface area contributed by atoms with E-state index < -0.39 is 0 Å². The number of aliphatic hydroxyl groups excluding tert-OH is 1. The lowest BCUT2D eigenvalue weighted by Gasteiger charge is -2.19. The average molecular weight is 195 g/mol. The van der Waals surface area contributed by atoms with Gasteiger partial charge in [0.25, 0.3) is 0 Å². The van der Waals surface area contributed by atoms with Crippen LogP contribution in [0.25, 0.3) is 0 Å².